The van der Waals surface area contributed by atoms with Crippen molar-refractivity contribution in [1.29, 1.82) is 0 Å². The molecule has 6 heteroatoms. The van der Waals surface area contributed by atoms with Gasteiger partial charge in [-0.3, -0.25) is 9.59 Å². The van der Waals surface area contributed by atoms with E-state index in [-0.39, 0.29) is 17.9 Å². The zero-order chi connectivity index (χ0) is 25.9. The maximum atomic E-state index is 14.0. The molecule has 2 amide bonds. The topological polar surface area (TPSA) is 63.6 Å². The van der Waals surface area contributed by atoms with Crippen LogP contribution in [-0.4, -0.2) is 34.4 Å². The number of ether oxygens (including phenoxy) is 1. The molecule has 1 fully saturated rings. The summed E-state index contributed by atoms with van der Waals surface area (Å²) in [6.45, 7) is 5.07. The Kier molecular flexibility index (Phi) is 7.36. The number of amides is 2. The summed E-state index contributed by atoms with van der Waals surface area (Å²) in [5, 5.41) is 3.34. The van der Waals surface area contributed by atoms with Gasteiger partial charge >= 0.3 is 0 Å². The van der Waals surface area contributed by atoms with E-state index in [4.69, 9.17) is 4.74 Å². The Bertz CT molecular complexity index is 1270. The molecular weight excluding hydrogens is 462 g/mol. The first-order valence-corrected chi connectivity index (χ1v) is 13.5. The minimum Gasteiger partial charge on any atom is -0.497 e. The van der Waals surface area contributed by atoms with Crippen molar-refractivity contribution < 1.29 is 14.3 Å². The van der Waals surface area contributed by atoms with Crippen molar-refractivity contribution in [3.8, 4) is 5.75 Å². The van der Waals surface area contributed by atoms with Crippen LogP contribution in [0.15, 0.2) is 54.6 Å². The molecule has 1 aliphatic heterocycles. The molecule has 0 spiro atoms. The number of rotatable bonds is 7. The molecule has 1 aromatic heterocycles. The van der Waals surface area contributed by atoms with Crippen LogP contribution in [0.25, 0.3) is 0 Å². The highest BCUT2D eigenvalue weighted by atomic mass is 16.5. The zero-order valence-electron chi connectivity index (χ0n) is 22.1. The van der Waals surface area contributed by atoms with E-state index in [0.29, 0.717) is 18.7 Å². The summed E-state index contributed by atoms with van der Waals surface area (Å²) in [6, 6.07) is 17.5. The van der Waals surface area contributed by atoms with Crippen LogP contribution in [0.1, 0.15) is 83.0 Å². The average Bonchev–Trinajstić information content (AvgIpc) is 3.16. The van der Waals surface area contributed by atoms with Gasteiger partial charge in [0.1, 0.15) is 11.8 Å². The minimum atomic E-state index is -0.646. The summed E-state index contributed by atoms with van der Waals surface area (Å²) in [5.74, 6) is 0.594. The maximum absolute atomic E-state index is 14.0. The Balaban J connectivity index is 1.51. The zero-order valence-corrected chi connectivity index (χ0v) is 22.1. The second-order valence-corrected chi connectivity index (χ2v) is 10.4. The van der Waals surface area contributed by atoms with Crippen LogP contribution in [0.2, 0.25) is 0 Å². The highest BCUT2D eigenvalue weighted by Crippen LogP contribution is 2.41. The monoisotopic (exact) mass is 499 g/mol. The predicted molar refractivity (Wildman–Crippen MR) is 145 cm³/mol. The highest BCUT2D eigenvalue weighted by molar-refractivity contribution is 6.06. The van der Waals surface area contributed by atoms with Crippen molar-refractivity contribution in [2.45, 2.75) is 77.5 Å². The van der Waals surface area contributed by atoms with Gasteiger partial charge in [-0.2, -0.15) is 0 Å². The molecule has 5 rings (SSSR count). The van der Waals surface area contributed by atoms with E-state index in [1.807, 2.05) is 56.3 Å². The van der Waals surface area contributed by atoms with Crippen LogP contribution < -0.4 is 10.1 Å². The van der Waals surface area contributed by atoms with Crippen molar-refractivity contribution in [2.75, 3.05) is 7.11 Å². The van der Waals surface area contributed by atoms with Gasteiger partial charge in [0.25, 0.3) is 5.91 Å². The van der Waals surface area contributed by atoms with Crippen molar-refractivity contribution in [3.63, 3.8) is 0 Å². The van der Waals surface area contributed by atoms with Gasteiger partial charge < -0.3 is 19.5 Å². The summed E-state index contributed by atoms with van der Waals surface area (Å²) in [6.07, 6.45) is 6.73. The van der Waals surface area contributed by atoms with Crippen LogP contribution in [0.4, 0.5) is 0 Å². The third-order valence-corrected chi connectivity index (χ3v) is 8.01. The van der Waals surface area contributed by atoms with Gasteiger partial charge in [0.15, 0.2) is 0 Å². The van der Waals surface area contributed by atoms with Crippen molar-refractivity contribution >= 4 is 11.8 Å². The Morgan fingerprint density at radius 2 is 1.62 bits per heavy atom. The number of methoxy groups -OCH3 is 1. The normalized spacial score (nSPS) is 18.0. The molecule has 1 unspecified atom stereocenters. The van der Waals surface area contributed by atoms with E-state index in [1.165, 1.54) is 18.4 Å². The number of fused-ring (bicyclic) bond motifs is 1. The third-order valence-electron chi connectivity index (χ3n) is 8.01. The number of carbonyl (C=O) groups excluding carboxylic acids is 2. The van der Waals surface area contributed by atoms with Gasteiger partial charge in [-0.15, -0.1) is 0 Å². The predicted octanol–water partition coefficient (Wildman–Crippen LogP) is 5.70. The second kappa shape index (κ2) is 10.8. The maximum Gasteiger partial charge on any atom is 0.257 e. The van der Waals surface area contributed by atoms with E-state index in [0.717, 1.165) is 53.9 Å². The highest BCUT2D eigenvalue weighted by Gasteiger charge is 2.45. The third kappa shape index (κ3) is 5.02. The van der Waals surface area contributed by atoms with E-state index < -0.39 is 6.04 Å². The summed E-state index contributed by atoms with van der Waals surface area (Å²) < 4.78 is 7.59. The van der Waals surface area contributed by atoms with Gasteiger partial charge in [0, 0.05) is 36.1 Å². The minimum absolute atomic E-state index is 0.0677. The fourth-order valence-corrected chi connectivity index (χ4v) is 6.04. The Morgan fingerprint density at radius 1 is 0.919 bits per heavy atom. The molecule has 3 aromatic rings. The number of hydrogen-bond acceptors (Lipinski definition) is 3. The molecule has 194 valence electrons. The van der Waals surface area contributed by atoms with E-state index in [1.54, 1.807) is 12.0 Å². The number of benzene rings is 2. The van der Waals surface area contributed by atoms with Crippen LogP contribution in [-0.2, 0) is 17.9 Å². The fourth-order valence-electron chi connectivity index (χ4n) is 6.04. The van der Waals surface area contributed by atoms with Gasteiger partial charge in [0.2, 0.25) is 5.91 Å². The first-order valence-electron chi connectivity index (χ1n) is 13.5. The largest absolute Gasteiger partial charge is 0.497 e. The van der Waals surface area contributed by atoms with Crippen molar-refractivity contribution in [1.82, 2.24) is 14.8 Å². The summed E-state index contributed by atoms with van der Waals surface area (Å²) in [5.41, 5.74) is 5.55. The molecule has 0 radical (unpaired) electrons. The molecule has 1 atom stereocenters. The van der Waals surface area contributed by atoms with Crippen LogP contribution in [0.5, 0.6) is 5.75 Å². The lowest BCUT2D eigenvalue weighted by Gasteiger charge is -2.28. The standard InChI is InChI=1S/C31H37N3O3/c1-21-27-28(22(2)33(21)19-23-12-7-6-8-13-23)31(36)34(20-24-14-11-17-26(18-24)37-3)29(27)30(35)32-25-15-9-4-5-10-16-25/h6-8,11-14,17-18,25,29H,4-5,9-10,15-16,19-20H2,1-3H3,(H,32,35). The molecule has 6 nitrogen and oxygen atoms in total. The number of nitrogens with zero attached hydrogens (tertiary/aromatic N) is 2. The second-order valence-electron chi connectivity index (χ2n) is 10.4. The van der Waals surface area contributed by atoms with E-state index >= 15 is 0 Å². The number of carbonyl (C=O) groups is 2. The number of aromatic nitrogens is 1. The molecule has 1 aliphatic carbocycles. The molecule has 1 saturated carbocycles. The molecule has 2 heterocycles. The number of nitrogens with one attached hydrogen (secondary N) is 1. The van der Waals surface area contributed by atoms with Gasteiger partial charge in [-0.05, 0) is 49.9 Å². The van der Waals surface area contributed by atoms with E-state index in [9.17, 15) is 9.59 Å². The van der Waals surface area contributed by atoms with Crippen LogP contribution >= 0.6 is 0 Å². The molecular formula is C31H37N3O3. The van der Waals surface area contributed by atoms with Crippen LogP contribution in [0.3, 0.4) is 0 Å². The number of hydrogen-bond donors (Lipinski definition) is 1. The van der Waals surface area contributed by atoms with E-state index in [2.05, 4.69) is 22.0 Å². The molecule has 0 bridgehead atoms. The molecule has 1 N–H and O–H groups in total. The molecule has 0 saturated heterocycles. The SMILES string of the molecule is COc1cccc(CN2C(=O)c3c(c(C)n(Cc4ccccc4)c3C)C2C(=O)NC2CCCCCC2)c1. The first-order chi connectivity index (χ1) is 18.0. The Morgan fingerprint density at radius 3 is 2.32 bits per heavy atom. The Hall–Kier alpha value is -3.54. The summed E-state index contributed by atoms with van der Waals surface area (Å²) in [4.78, 5) is 29.7. The Labute approximate surface area is 219 Å². The van der Waals surface area contributed by atoms with Gasteiger partial charge in [0.05, 0.1) is 12.7 Å². The summed E-state index contributed by atoms with van der Waals surface area (Å²) in [7, 11) is 1.64. The lowest BCUT2D eigenvalue weighted by atomic mass is 10.0. The lowest BCUT2D eigenvalue weighted by Crippen LogP contribution is -2.43. The van der Waals surface area contributed by atoms with Crippen molar-refractivity contribution in [3.05, 3.63) is 88.2 Å². The lowest BCUT2D eigenvalue weighted by molar-refractivity contribution is -0.126. The first kappa shape index (κ1) is 25.1. The molecule has 37 heavy (non-hydrogen) atoms. The smallest absolute Gasteiger partial charge is 0.257 e. The van der Waals surface area contributed by atoms with Gasteiger partial charge in [-0.1, -0.05) is 68.1 Å². The fraction of sp³-hybridized carbons (Fsp3) is 0.419. The molecule has 2 aliphatic rings. The molecule has 2 aromatic carbocycles. The summed E-state index contributed by atoms with van der Waals surface area (Å²) >= 11 is 0. The quantitative estimate of drug-likeness (QED) is 0.424. The van der Waals surface area contributed by atoms with Gasteiger partial charge in [-0.25, -0.2) is 0 Å². The van der Waals surface area contributed by atoms with Crippen LogP contribution in [0, 0.1) is 13.8 Å². The van der Waals surface area contributed by atoms with Crippen molar-refractivity contribution in [2.24, 2.45) is 0 Å². The average molecular weight is 500 g/mol.